The largest absolute Gasteiger partial charge is 0.494 e. The van der Waals surface area contributed by atoms with Gasteiger partial charge in [0.05, 0.1) is 12.8 Å². The van der Waals surface area contributed by atoms with Crippen LogP contribution in [0.15, 0.2) is 24.3 Å². The summed E-state index contributed by atoms with van der Waals surface area (Å²) in [6, 6.07) is 4.44. The van der Waals surface area contributed by atoms with Crippen molar-refractivity contribution < 1.29 is 55.9 Å². The van der Waals surface area contributed by atoms with E-state index in [1.165, 1.54) is 0 Å². The third-order valence-electron chi connectivity index (χ3n) is 3.61. The normalized spacial score (nSPS) is 14.9. The first-order valence-corrected chi connectivity index (χ1v) is 12.5. The van der Waals surface area contributed by atoms with Crippen LogP contribution in [0, 0.1) is 0 Å². The van der Waals surface area contributed by atoms with E-state index in [-0.39, 0.29) is 0 Å². The van der Waals surface area contributed by atoms with Crippen molar-refractivity contribution in [2.45, 2.75) is 23.6 Å². The van der Waals surface area contributed by atoms with Crippen molar-refractivity contribution in [1.29, 1.82) is 0 Å². The van der Waals surface area contributed by atoms with Crippen molar-refractivity contribution in [3.8, 4) is 23.5 Å². The molecule has 0 saturated heterocycles. The average Bonchev–Trinajstić information content (AvgIpc) is 3.17. The topological polar surface area (TPSA) is 218 Å². The maximum atomic E-state index is 11.9. The third kappa shape index (κ3) is 7.07. The Morgan fingerprint density at radius 3 is 1.28 bits per heavy atom. The summed E-state index contributed by atoms with van der Waals surface area (Å²) < 4.78 is 48.9. The number of aromatic hydroxyl groups is 4. The molecule has 32 heavy (non-hydrogen) atoms. The fourth-order valence-corrected chi connectivity index (χ4v) is 5.84. The highest BCUT2D eigenvalue weighted by atomic mass is 33.1. The second-order valence-corrected chi connectivity index (χ2v) is 9.52. The fraction of sp³-hybridized carbons (Fsp3) is 0.286. The van der Waals surface area contributed by atoms with Crippen molar-refractivity contribution in [3.63, 3.8) is 0 Å². The number of carbonyl (C=O) groups excluding carboxylic acids is 2. The molecule has 0 fully saturated rings. The van der Waals surface area contributed by atoms with E-state index in [0.717, 1.165) is 55.0 Å². The monoisotopic (exact) mass is 532 g/mol. The SMILES string of the molecule is O=C(CC(SSC(CC(=O)OS(=O)O)n1c(O)ccc1O)n1c(O)ccc1O)OS(=O)O. The van der Waals surface area contributed by atoms with E-state index < -0.39 is 81.8 Å². The second-order valence-electron chi connectivity index (χ2n) is 5.69. The van der Waals surface area contributed by atoms with Gasteiger partial charge in [-0.3, -0.25) is 27.8 Å². The van der Waals surface area contributed by atoms with Crippen molar-refractivity contribution in [3.05, 3.63) is 24.3 Å². The molecule has 0 amide bonds. The van der Waals surface area contributed by atoms with Gasteiger partial charge in [0.2, 0.25) is 0 Å². The molecule has 0 aromatic carbocycles. The number of hydrogen-bond donors (Lipinski definition) is 6. The molecule has 14 nitrogen and oxygen atoms in total. The van der Waals surface area contributed by atoms with Gasteiger partial charge in [-0.15, -0.1) is 0 Å². The lowest BCUT2D eigenvalue weighted by Crippen LogP contribution is -2.16. The third-order valence-corrected chi connectivity index (χ3v) is 7.25. The molecule has 6 N–H and O–H groups in total. The molecular formula is C14H16N2O12S4. The number of nitrogens with zero attached hydrogens (tertiary/aromatic N) is 2. The summed E-state index contributed by atoms with van der Waals surface area (Å²) in [6.07, 6.45) is -1.28. The van der Waals surface area contributed by atoms with Crippen LogP contribution in [0.3, 0.4) is 0 Å². The minimum Gasteiger partial charge on any atom is -0.494 e. The summed E-state index contributed by atoms with van der Waals surface area (Å²) in [6.45, 7) is 0. The molecule has 0 aliphatic rings. The zero-order valence-corrected chi connectivity index (χ0v) is 18.8. The molecule has 0 spiro atoms. The molecule has 178 valence electrons. The zero-order chi connectivity index (χ0) is 24.0. The van der Waals surface area contributed by atoms with Gasteiger partial charge < -0.3 is 28.8 Å². The summed E-state index contributed by atoms with van der Waals surface area (Å²) in [5.74, 6) is -4.24. The zero-order valence-electron chi connectivity index (χ0n) is 15.5. The first kappa shape index (κ1) is 25.9. The average molecular weight is 533 g/mol. The summed E-state index contributed by atoms with van der Waals surface area (Å²) in [5, 5.41) is 37.6. The molecule has 4 atom stereocenters. The van der Waals surface area contributed by atoms with Crippen molar-refractivity contribution >= 4 is 56.2 Å². The lowest BCUT2D eigenvalue weighted by molar-refractivity contribution is -0.135. The Balaban J connectivity index is 2.30. The highest BCUT2D eigenvalue weighted by molar-refractivity contribution is 8.76. The molecule has 18 heteroatoms. The van der Waals surface area contributed by atoms with Gasteiger partial charge >= 0.3 is 34.7 Å². The highest BCUT2D eigenvalue weighted by Crippen LogP contribution is 2.49. The maximum Gasteiger partial charge on any atom is 0.360 e. The quantitative estimate of drug-likeness (QED) is 0.178. The number of rotatable bonds is 11. The molecule has 2 aromatic rings. The van der Waals surface area contributed by atoms with Crippen LogP contribution in [0.4, 0.5) is 0 Å². The number of aromatic nitrogens is 2. The Hall–Kier alpha value is -2.38. The van der Waals surface area contributed by atoms with Crippen molar-refractivity contribution in [1.82, 2.24) is 9.13 Å². The predicted octanol–water partition coefficient (Wildman–Crippen LogP) is 1.33. The number of carbonyl (C=O) groups is 2. The highest BCUT2D eigenvalue weighted by Gasteiger charge is 2.29. The fourth-order valence-electron chi connectivity index (χ4n) is 2.42. The van der Waals surface area contributed by atoms with E-state index in [1.54, 1.807) is 0 Å². The second kappa shape index (κ2) is 11.5. The van der Waals surface area contributed by atoms with E-state index in [1.807, 2.05) is 0 Å². The van der Waals surface area contributed by atoms with Gasteiger partial charge in [-0.25, -0.2) is 0 Å². The van der Waals surface area contributed by atoms with E-state index in [2.05, 4.69) is 8.37 Å². The molecule has 2 rings (SSSR count). The van der Waals surface area contributed by atoms with Crippen LogP contribution in [0.2, 0.25) is 0 Å². The van der Waals surface area contributed by atoms with Gasteiger partial charge in [-0.05, 0) is 0 Å². The van der Waals surface area contributed by atoms with Gasteiger partial charge in [0.25, 0.3) is 0 Å². The van der Waals surface area contributed by atoms with Gasteiger partial charge in [0.1, 0.15) is 10.7 Å². The van der Waals surface area contributed by atoms with E-state index >= 15 is 0 Å². The molecule has 4 unspecified atom stereocenters. The van der Waals surface area contributed by atoms with Crippen LogP contribution in [0.1, 0.15) is 23.6 Å². The first-order valence-electron chi connectivity index (χ1n) is 8.14. The van der Waals surface area contributed by atoms with Crippen LogP contribution in [-0.4, -0.2) is 59.0 Å². The van der Waals surface area contributed by atoms with Crippen LogP contribution >= 0.6 is 21.6 Å². The Kier molecular flexibility index (Phi) is 9.28. The molecule has 0 aliphatic heterocycles. The number of hydrogen-bond acceptors (Lipinski definition) is 12. The van der Waals surface area contributed by atoms with Crippen LogP contribution in [0.5, 0.6) is 23.5 Å². The van der Waals surface area contributed by atoms with Gasteiger partial charge in [-0.1, -0.05) is 21.6 Å². The Morgan fingerprint density at radius 1 is 0.750 bits per heavy atom. The van der Waals surface area contributed by atoms with Gasteiger partial charge in [0, 0.05) is 24.3 Å². The smallest absolute Gasteiger partial charge is 0.360 e. The molecule has 0 aliphatic carbocycles. The standard InChI is InChI=1S/C14H16N2O12S4/c17-7-1-2-8(18)15(7)11(5-13(21)27-31(23)24)29-30-12(6-14(22)28-32(25)26)16-9(19)3-4-10(16)20/h1-4,11-12,17-20H,5-6H2,(H,23,24)(H,25,26). The first-order chi connectivity index (χ1) is 15.0. The van der Waals surface area contributed by atoms with Gasteiger partial charge in [-0.2, -0.15) is 8.42 Å². The predicted molar refractivity (Wildman–Crippen MR) is 112 cm³/mol. The molecule has 2 heterocycles. The summed E-state index contributed by atoms with van der Waals surface area (Å²) in [5.41, 5.74) is 0. The molecule has 2 aromatic heterocycles. The molecule has 0 saturated carbocycles. The van der Waals surface area contributed by atoms with E-state index in [9.17, 15) is 38.4 Å². The molecule has 0 bridgehead atoms. The van der Waals surface area contributed by atoms with Crippen LogP contribution in [-0.2, 0) is 40.7 Å². The van der Waals surface area contributed by atoms with E-state index in [4.69, 9.17) is 9.11 Å². The van der Waals surface area contributed by atoms with Crippen LogP contribution < -0.4 is 0 Å². The van der Waals surface area contributed by atoms with Crippen molar-refractivity contribution in [2.24, 2.45) is 0 Å². The minimum absolute atomic E-state index is 0.475. The van der Waals surface area contributed by atoms with E-state index in [0.29, 0.717) is 0 Å². The molecular weight excluding hydrogens is 516 g/mol. The van der Waals surface area contributed by atoms with Gasteiger partial charge in [0.15, 0.2) is 23.5 Å². The summed E-state index contributed by atoms with van der Waals surface area (Å²) >= 11 is -5.82. The minimum atomic E-state index is -2.91. The Bertz CT molecular complexity index is 902. The lowest BCUT2D eigenvalue weighted by Gasteiger charge is -2.23. The maximum absolute atomic E-state index is 11.9. The lowest BCUT2D eigenvalue weighted by atomic mass is 10.4. The van der Waals surface area contributed by atoms with Crippen molar-refractivity contribution in [2.75, 3.05) is 0 Å². The Morgan fingerprint density at radius 2 is 1.03 bits per heavy atom. The van der Waals surface area contributed by atoms with Crippen LogP contribution in [0.25, 0.3) is 0 Å². The summed E-state index contributed by atoms with van der Waals surface area (Å²) in [4.78, 5) is 23.7. The molecule has 0 radical (unpaired) electrons. The Labute approximate surface area is 192 Å². The summed E-state index contributed by atoms with van der Waals surface area (Å²) in [7, 11) is 1.47.